The highest BCUT2D eigenvalue weighted by Gasteiger charge is 2.18. The summed E-state index contributed by atoms with van der Waals surface area (Å²) in [5, 5.41) is 0. The van der Waals surface area contributed by atoms with Crippen LogP contribution >= 0.6 is 12.4 Å². The van der Waals surface area contributed by atoms with Crippen LogP contribution in [-0.4, -0.2) is 23.0 Å². The van der Waals surface area contributed by atoms with Gasteiger partial charge < -0.3 is 26.7 Å². The number of ether oxygens (including phenoxy) is 2. The number of nitrogens with zero attached hydrogens (tertiary/aromatic N) is 2. The Labute approximate surface area is 145 Å². The number of nitrogen functional groups attached to an aromatic ring is 2. The molecule has 0 bridgehead atoms. The number of halogens is 1. The maximum Gasteiger partial charge on any atom is 0.252 e. The van der Waals surface area contributed by atoms with E-state index in [9.17, 15) is 4.79 Å². The van der Waals surface area contributed by atoms with Gasteiger partial charge in [-0.2, -0.15) is 4.98 Å². The van der Waals surface area contributed by atoms with Crippen molar-refractivity contribution in [2.45, 2.75) is 19.8 Å². The fourth-order valence-electron chi connectivity index (χ4n) is 2.07. The van der Waals surface area contributed by atoms with E-state index in [0.717, 1.165) is 5.56 Å². The topological polar surface area (TPSA) is 139 Å². The average molecular weight is 354 g/mol. The SMILES string of the molecule is COc1cc(C(C)C)c(Oc2cnc(N)nc2N)cc1C(N)=O.Cl. The summed E-state index contributed by atoms with van der Waals surface area (Å²) in [5.41, 5.74) is 17.7. The first-order valence-electron chi connectivity index (χ1n) is 6.91. The Kier molecular flexibility index (Phi) is 6.19. The molecular formula is C15H20ClN5O3. The first kappa shape index (κ1) is 19.3. The molecule has 0 saturated carbocycles. The molecule has 0 radical (unpaired) electrons. The van der Waals surface area contributed by atoms with Crippen molar-refractivity contribution in [3.05, 3.63) is 29.5 Å². The van der Waals surface area contributed by atoms with Crippen molar-refractivity contribution in [2.24, 2.45) is 5.73 Å². The molecule has 0 aliphatic rings. The molecule has 8 nitrogen and oxygen atoms in total. The van der Waals surface area contributed by atoms with E-state index in [1.807, 2.05) is 13.8 Å². The van der Waals surface area contributed by atoms with Crippen LogP contribution in [0.2, 0.25) is 0 Å². The van der Waals surface area contributed by atoms with Gasteiger partial charge >= 0.3 is 0 Å². The maximum atomic E-state index is 11.6. The van der Waals surface area contributed by atoms with Gasteiger partial charge in [0.2, 0.25) is 5.95 Å². The Bertz CT molecular complexity index is 752. The summed E-state index contributed by atoms with van der Waals surface area (Å²) in [6.07, 6.45) is 1.37. The highest BCUT2D eigenvalue weighted by atomic mass is 35.5. The first-order chi connectivity index (χ1) is 10.8. The third kappa shape index (κ3) is 3.96. The molecule has 2 aromatic rings. The van der Waals surface area contributed by atoms with Crippen LogP contribution in [0.15, 0.2) is 18.3 Å². The van der Waals surface area contributed by atoms with Crippen molar-refractivity contribution >= 4 is 30.1 Å². The van der Waals surface area contributed by atoms with Gasteiger partial charge in [-0.3, -0.25) is 4.79 Å². The average Bonchev–Trinajstić information content (AvgIpc) is 2.49. The minimum absolute atomic E-state index is 0. The van der Waals surface area contributed by atoms with Crippen LogP contribution in [-0.2, 0) is 0 Å². The molecule has 1 amide bonds. The quantitative estimate of drug-likeness (QED) is 0.747. The standard InChI is InChI=1S/C15H19N5O3.ClH/c1-7(2)8-4-10(22-3)9(14(17)21)5-11(8)23-12-6-19-15(18)20-13(12)16;/h4-7H,1-3H3,(H2,17,21)(H4,16,18,19,20);1H. The lowest BCUT2D eigenvalue weighted by molar-refractivity contribution is 0.0997. The summed E-state index contributed by atoms with van der Waals surface area (Å²) in [6.45, 7) is 3.96. The van der Waals surface area contributed by atoms with E-state index in [1.165, 1.54) is 19.4 Å². The van der Waals surface area contributed by atoms with Crippen molar-refractivity contribution in [3.8, 4) is 17.2 Å². The molecule has 0 aliphatic heterocycles. The summed E-state index contributed by atoms with van der Waals surface area (Å²) in [4.78, 5) is 19.3. The van der Waals surface area contributed by atoms with Gasteiger partial charge in [0.15, 0.2) is 11.6 Å². The Morgan fingerprint density at radius 1 is 1.17 bits per heavy atom. The third-order valence-electron chi connectivity index (χ3n) is 3.24. The molecule has 0 fully saturated rings. The molecule has 0 aliphatic carbocycles. The van der Waals surface area contributed by atoms with Crippen LogP contribution in [0.5, 0.6) is 17.2 Å². The zero-order valence-electron chi connectivity index (χ0n) is 13.6. The number of benzene rings is 1. The van der Waals surface area contributed by atoms with E-state index in [1.54, 1.807) is 6.07 Å². The number of carbonyl (C=O) groups excluding carboxylic acids is 1. The highest BCUT2D eigenvalue weighted by molar-refractivity contribution is 5.96. The number of amides is 1. The Balaban J connectivity index is 0.00000288. The lowest BCUT2D eigenvalue weighted by atomic mass is 9.99. The lowest BCUT2D eigenvalue weighted by Crippen LogP contribution is -2.13. The van der Waals surface area contributed by atoms with Gasteiger partial charge in [-0.1, -0.05) is 13.8 Å². The Morgan fingerprint density at radius 3 is 2.33 bits per heavy atom. The molecule has 1 heterocycles. The van der Waals surface area contributed by atoms with Crippen LogP contribution in [0, 0.1) is 0 Å². The molecule has 9 heteroatoms. The fraction of sp³-hybridized carbons (Fsp3) is 0.267. The maximum absolute atomic E-state index is 11.6. The van der Waals surface area contributed by atoms with Gasteiger partial charge in [-0.25, -0.2) is 4.98 Å². The van der Waals surface area contributed by atoms with Crippen molar-refractivity contribution in [2.75, 3.05) is 18.6 Å². The molecule has 1 aromatic heterocycles. The number of nitrogens with two attached hydrogens (primary N) is 3. The summed E-state index contributed by atoms with van der Waals surface area (Å²) < 4.78 is 11.0. The smallest absolute Gasteiger partial charge is 0.252 e. The van der Waals surface area contributed by atoms with Gasteiger partial charge in [0, 0.05) is 5.56 Å². The number of carbonyl (C=O) groups is 1. The normalized spacial score (nSPS) is 10.2. The van der Waals surface area contributed by atoms with E-state index in [4.69, 9.17) is 26.7 Å². The second-order valence-corrected chi connectivity index (χ2v) is 5.19. The summed E-state index contributed by atoms with van der Waals surface area (Å²) in [5.74, 6) is 0.682. The minimum Gasteiger partial charge on any atom is -0.496 e. The van der Waals surface area contributed by atoms with Gasteiger partial charge in [-0.05, 0) is 18.1 Å². The lowest BCUT2D eigenvalue weighted by Gasteiger charge is -2.17. The number of aromatic nitrogens is 2. The number of rotatable bonds is 5. The van der Waals surface area contributed by atoms with Gasteiger partial charge in [-0.15, -0.1) is 12.4 Å². The highest BCUT2D eigenvalue weighted by Crippen LogP contribution is 2.37. The van der Waals surface area contributed by atoms with Crippen LogP contribution in [0.3, 0.4) is 0 Å². The molecule has 0 saturated heterocycles. The fourth-order valence-corrected chi connectivity index (χ4v) is 2.07. The summed E-state index contributed by atoms with van der Waals surface area (Å²) in [6, 6.07) is 3.24. The molecule has 2 rings (SSSR count). The van der Waals surface area contributed by atoms with Gasteiger partial charge in [0.1, 0.15) is 11.5 Å². The van der Waals surface area contributed by atoms with Crippen LogP contribution < -0.4 is 26.7 Å². The van der Waals surface area contributed by atoms with E-state index in [2.05, 4.69) is 9.97 Å². The molecule has 130 valence electrons. The first-order valence-corrected chi connectivity index (χ1v) is 6.91. The molecular weight excluding hydrogens is 334 g/mol. The number of methoxy groups -OCH3 is 1. The summed E-state index contributed by atoms with van der Waals surface area (Å²) in [7, 11) is 1.47. The van der Waals surface area contributed by atoms with E-state index < -0.39 is 5.91 Å². The monoisotopic (exact) mass is 353 g/mol. The summed E-state index contributed by atoms with van der Waals surface area (Å²) >= 11 is 0. The van der Waals surface area contributed by atoms with Crippen LogP contribution in [0.25, 0.3) is 0 Å². The van der Waals surface area contributed by atoms with E-state index in [0.29, 0.717) is 11.5 Å². The third-order valence-corrected chi connectivity index (χ3v) is 3.24. The van der Waals surface area contributed by atoms with E-state index in [-0.39, 0.29) is 41.4 Å². The predicted molar refractivity (Wildman–Crippen MR) is 93.8 cm³/mol. The van der Waals surface area contributed by atoms with Crippen molar-refractivity contribution < 1.29 is 14.3 Å². The number of anilines is 2. The molecule has 0 unspecified atom stereocenters. The number of hydrogen-bond donors (Lipinski definition) is 3. The number of primary amides is 1. The second kappa shape index (κ2) is 7.69. The van der Waals surface area contributed by atoms with Crippen molar-refractivity contribution in [3.63, 3.8) is 0 Å². The molecule has 24 heavy (non-hydrogen) atoms. The Morgan fingerprint density at radius 2 is 1.83 bits per heavy atom. The van der Waals surface area contributed by atoms with E-state index >= 15 is 0 Å². The Hall–Kier alpha value is -2.74. The van der Waals surface area contributed by atoms with Gasteiger partial charge in [0.05, 0.1) is 18.9 Å². The predicted octanol–water partition coefficient (Wildman–Crippen LogP) is 2.09. The van der Waals surface area contributed by atoms with Crippen LogP contribution in [0.1, 0.15) is 35.7 Å². The largest absolute Gasteiger partial charge is 0.496 e. The van der Waals surface area contributed by atoms with Crippen molar-refractivity contribution in [1.82, 2.24) is 9.97 Å². The second-order valence-electron chi connectivity index (χ2n) is 5.19. The zero-order valence-corrected chi connectivity index (χ0v) is 14.4. The zero-order chi connectivity index (χ0) is 17.1. The molecule has 0 spiro atoms. The van der Waals surface area contributed by atoms with Crippen LogP contribution in [0.4, 0.5) is 11.8 Å². The van der Waals surface area contributed by atoms with Gasteiger partial charge in [0.25, 0.3) is 5.91 Å². The molecule has 0 atom stereocenters. The molecule has 6 N–H and O–H groups in total. The minimum atomic E-state index is -0.622. The van der Waals surface area contributed by atoms with Crippen molar-refractivity contribution in [1.29, 1.82) is 0 Å². The molecule has 1 aromatic carbocycles. The number of hydrogen-bond acceptors (Lipinski definition) is 7.